The SMILES string of the molecule is CN=C(NCCC(F)(F)F)NCC(C)Oc1cccc(Cl)c1.I. The molecule has 0 heterocycles. The molecule has 0 aromatic heterocycles. The number of guanidine groups is 1. The van der Waals surface area contributed by atoms with E-state index in [9.17, 15) is 13.2 Å². The molecule has 1 atom stereocenters. The molecular formula is C14H20ClF3IN3O. The highest BCUT2D eigenvalue weighted by atomic mass is 127. The van der Waals surface area contributed by atoms with E-state index >= 15 is 0 Å². The van der Waals surface area contributed by atoms with Crippen LogP contribution >= 0.6 is 35.6 Å². The third kappa shape index (κ3) is 10.5. The Kier molecular flexibility index (Phi) is 10.4. The lowest BCUT2D eigenvalue weighted by atomic mass is 10.3. The Bertz CT molecular complexity index is 500. The van der Waals surface area contributed by atoms with E-state index in [2.05, 4.69) is 15.6 Å². The van der Waals surface area contributed by atoms with E-state index < -0.39 is 12.6 Å². The second-order valence-corrected chi connectivity index (χ2v) is 5.07. The smallest absolute Gasteiger partial charge is 0.390 e. The second kappa shape index (κ2) is 10.8. The normalized spacial score (nSPS) is 13.0. The molecule has 0 spiro atoms. The summed E-state index contributed by atoms with van der Waals surface area (Å²) in [4.78, 5) is 3.85. The largest absolute Gasteiger partial charge is 0.489 e. The van der Waals surface area contributed by atoms with Crippen molar-refractivity contribution in [3.05, 3.63) is 29.3 Å². The highest BCUT2D eigenvalue weighted by Gasteiger charge is 2.26. The van der Waals surface area contributed by atoms with Crippen molar-refractivity contribution >= 4 is 41.5 Å². The van der Waals surface area contributed by atoms with Crippen LogP contribution in [0.15, 0.2) is 29.3 Å². The molecule has 132 valence electrons. The molecule has 0 aliphatic rings. The predicted octanol–water partition coefficient (Wildman–Crippen LogP) is 3.84. The van der Waals surface area contributed by atoms with Gasteiger partial charge in [-0.1, -0.05) is 17.7 Å². The van der Waals surface area contributed by atoms with Gasteiger partial charge in [-0.05, 0) is 25.1 Å². The number of ether oxygens (including phenoxy) is 1. The van der Waals surface area contributed by atoms with Gasteiger partial charge in [-0.2, -0.15) is 13.2 Å². The summed E-state index contributed by atoms with van der Waals surface area (Å²) in [6, 6.07) is 6.98. The Morgan fingerprint density at radius 1 is 1.35 bits per heavy atom. The van der Waals surface area contributed by atoms with Crippen LogP contribution in [0.5, 0.6) is 5.75 Å². The van der Waals surface area contributed by atoms with Crippen molar-refractivity contribution in [3.63, 3.8) is 0 Å². The first-order valence-corrected chi connectivity index (χ1v) is 7.11. The third-order valence-corrected chi connectivity index (χ3v) is 2.85. The summed E-state index contributed by atoms with van der Waals surface area (Å²) in [5, 5.41) is 6.07. The van der Waals surface area contributed by atoms with Crippen LogP contribution in [0.4, 0.5) is 13.2 Å². The molecule has 0 aliphatic heterocycles. The van der Waals surface area contributed by atoms with Crippen LogP contribution < -0.4 is 15.4 Å². The Labute approximate surface area is 155 Å². The number of aliphatic imine (C=N–C) groups is 1. The molecular weight excluding hydrogens is 446 g/mol. The molecule has 1 rings (SSSR count). The Morgan fingerprint density at radius 3 is 2.61 bits per heavy atom. The Morgan fingerprint density at radius 2 is 2.04 bits per heavy atom. The minimum Gasteiger partial charge on any atom is -0.489 e. The maximum Gasteiger partial charge on any atom is 0.390 e. The maximum absolute atomic E-state index is 12.1. The van der Waals surface area contributed by atoms with Gasteiger partial charge in [0.25, 0.3) is 0 Å². The van der Waals surface area contributed by atoms with Gasteiger partial charge in [-0.15, -0.1) is 24.0 Å². The molecule has 2 N–H and O–H groups in total. The summed E-state index contributed by atoms with van der Waals surface area (Å²) >= 11 is 5.86. The highest BCUT2D eigenvalue weighted by molar-refractivity contribution is 14.0. The standard InChI is InChI=1S/C14H19ClF3N3O.HI/c1-10(22-12-5-3-4-11(15)8-12)9-21-13(19-2)20-7-6-14(16,17)18;/h3-5,8,10H,6-7,9H2,1-2H3,(H2,19,20,21);1H. The molecule has 1 unspecified atom stereocenters. The van der Waals surface area contributed by atoms with Crippen LogP contribution in [0.1, 0.15) is 13.3 Å². The second-order valence-electron chi connectivity index (χ2n) is 4.63. The summed E-state index contributed by atoms with van der Waals surface area (Å²) in [6.45, 7) is 1.99. The van der Waals surface area contributed by atoms with Gasteiger partial charge < -0.3 is 15.4 Å². The van der Waals surface area contributed by atoms with Gasteiger partial charge in [-0.25, -0.2) is 0 Å². The van der Waals surface area contributed by atoms with E-state index in [0.717, 1.165) is 0 Å². The monoisotopic (exact) mass is 465 g/mol. The van der Waals surface area contributed by atoms with Crippen LogP contribution in [-0.2, 0) is 0 Å². The van der Waals surface area contributed by atoms with E-state index in [1.807, 2.05) is 6.92 Å². The van der Waals surface area contributed by atoms with Gasteiger partial charge in [0.15, 0.2) is 5.96 Å². The average molecular weight is 466 g/mol. The number of nitrogens with one attached hydrogen (secondary N) is 2. The van der Waals surface area contributed by atoms with Crippen LogP contribution in [0.2, 0.25) is 5.02 Å². The van der Waals surface area contributed by atoms with E-state index in [0.29, 0.717) is 23.3 Å². The summed E-state index contributed by atoms with van der Waals surface area (Å²) in [6.07, 6.45) is -5.31. The van der Waals surface area contributed by atoms with Crippen molar-refractivity contribution in [1.82, 2.24) is 10.6 Å². The van der Waals surface area contributed by atoms with Gasteiger partial charge in [0.05, 0.1) is 13.0 Å². The fourth-order valence-corrected chi connectivity index (χ4v) is 1.78. The minimum absolute atomic E-state index is 0. The zero-order valence-corrected chi connectivity index (χ0v) is 15.9. The summed E-state index contributed by atoms with van der Waals surface area (Å²) < 4.78 is 41.8. The number of nitrogens with zero attached hydrogens (tertiary/aromatic N) is 1. The number of hydrogen-bond acceptors (Lipinski definition) is 2. The molecule has 0 aliphatic carbocycles. The van der Waals surface area contributed by atoms with E-state index in [1.165, 1.54) is 7.05 Å². The van der Waals surface area contributed by atoms with Gasteiger partial charge in [-0.3, -0.25) is 4.99 Å². The molecule has 23 heavy (non-hydrogen) atoms. The van der Waals surface area contributed by atoms with E-state index in [4.69, 9.17) is 16.3 Å². The molecule has 0 fully saturated rings. The zero-order valence-electron chi connectivity index (χ0n) is 12.8. The first-order valence-electron chi connectivity index (χ1n) is 6.73. The van der Waals surface area contributed by atoms with Crippen LogP contribution in [0, 0.1) is 0 Å². The predicted molar refractivity (Wildman–Crippen MR) is 97.0 cm³/mol. The maximum atomic E-state index is 12.1. The first kappa shape index (κ1) is 22.1. The van der Waals surface area contributed by atoms with Crippen molar-refractivity contribution in [2.24, 2.45) is 4.99 Å². The van der Waals surface area contributed by atoms with Crippen LogP contribution in [0.3, 0.4) is 0 Å². The third-order valence-electron chi connectivity index (χ3n) is 2.61. The fourth-order valence-electron chi connectivity index (χ4n) is 1.60. The topological polar surface area (TPSA) is 45.7 Å². The molecule has 0 saturated heterocycles. The van der Waals surface area contributed by atoms with Gasteiger partial charge in [0.1, 0.15) is 11.9 Å². The lowest BCUT2D eigenvalue weighted by molar-refractivity contribution is -0.132. The quantitative estimate of drug-likeness (QED) is 0.381. The average Bonchev–Trinajstić information content (AvgIpc) is 2.41. The Hall–Kier alpha value is -0.900. The highest BCUT2D eigenvalue weighted by Crippen LogP contribution is 2.18. The van der Waals surface area contributed by atoms with Crippen molar-refractivity contribution in [3.8, 4) is 5.75 Å². The molecule has 0 bridgehead atoms. The fraction of sp³-hybridized carbons (Fsp3) is 0.500. The first-order chi connectivity index (χ1) is 10.3. The van der Waals surface area contributed by atoms with Crippen LogP contribution in [0.25, 0.3) is 0 Å². The zero-order chi connectivity index (χ0) is 16.6. The summed E-state index contributed by atoms with van der Waals surface area (Å²) in [5.74, 6) is 0.924. The number of hydrogen-bond donors (Lipinski definition) is 2. The molecule has 0 radical (unpaired) electrons. The van der Waals surface area contributed by atoms with Crippen molar-refractivity contribution < 1.29 is 17.9 Å². The van der Waals surface area contributed by atoms with Gasteiger partial charge in [0, 0.05) is 18.6 Å². The molecule has 1 aromatic carbocycles. The summed E-state index contributed by atoms with van der Waals surface area (Å²) in [7, 11) is 1.49. The molecule has 4 nitrogen and oxygen atoms in total. The lowest BCUT2D eigenvalue weighted by Gasteiger charge is -2.18. The number of halogens is 5. The number of rotatable bonds is 6. The van der Waals surface area contributed by atoms with Crippen molar-refractivity contribution in [2.45, 2.75) is 25.6 Å². The molecule has 1 aromatic rings. The van der Waals surface area contributed by atoms with Gasteiger partial charge >= 0.3 is 6.18 Å². The number of benzene rings is 1. The van der Waals surface area contributed by atoms with E-state index in [-0.39, 0.29) is 36.6 Å². The summed E-state index contributed by atoms with van der Waals surface area (Å²) in [5.41, 5.74) is 0. The van der Waals surface area contributed by atoms with Crippen molar-refractivity contribution in [1.29, 1.82) is 0 Å². The van der Waals surface area contributed by atoms with E-state index in [1.54, 1.807) is 24.3 Å². The molecule has 0 saturated carbocycles. The minimum atomic E-state index is -4.19. The Balaban J connectivity index is 0.00000484. The van der Waals surface area contributed by atoms with Gasteiger partial charge in [0.2, 0.25) is 0 Å². The molecule has 9 heteroatoms. The lowest BCUT2D eigenvalue weighted by Crippen LogP contribution is -2.42. The van der Waals surface area contributed by atoms with Crippen molar-refractivity contribution in [2.75, 3.05) is 20.1 Å². The molecule has 0 amide bonds. The van der Waals surface area contributed by atoms with Crippen LogP contribution in [-0.4, -0.2) is 38.4 Å². The number of alkyl halides is 3.